The van der Waals surface area contributed by atoms with Gasteiger partial charge in [-0.3, -0.25) is 9.98 Å². The van der Waals surface area contributed by atoms with Gasteiger partial charge in [0.2, 0.25) is 12.8 Å². The summed E-state index contributed by atoms with van der Waals surface area (Å²) in [5.41, 5.74) is 0. The van der Waals surface area contributed by atoms with E-state index in [1.807, 2.05) is 0 Å². The summed E-state index contributed by atoms with van der Waals surface area (Å²) >= 11 is 15.6. The molecule has 0 radical (unpaired) electrons. The molecule has 276 valence electrons. The molecule has 0 aromatic heterocycles. The van der Waals surface area contributed by atoms with E-state index in [-0.39, 0.29) is 23.8 Å². The van der Waals surface area contributed by atoms with Crippen molar-refractivity contribution < 1.29 is 48.8 Å². The number of aliphatic imine (C=N–C) groups is 2. The number of aliphatic hydroxyl groups is 2. The molecule has 0 unspecified atom stereocenters. The predicted octanol–water partition coefficient (Wildman–Crippen LogP) is 5.24. The summed E-state index contributed by atoms with van der Waals surface area (Å²) in [6, 6.07) is 0. The number of alkyl carbamates (subject to hydrolysis) is 2. The van der Waals surface area contributed by atoms with Crippen molar-refractivity contribution in [3.63, 3.8) is 0 Å². The third kappa shape index (κ3) is 42.9. The lowest BCUT2D eigenvalue weighted by atomic mass is 10.7. The topological polar surface area (TPSA) is 179 Å². The lowest BCUT2D eigenvalue weighted by Crippen LogP contribution is -2.26. The molecule has 0 saturated carbocycles. The van der Waals surface area contributed by atoms with Gasteiger partial charge in [-0.15, -0.1) is 118 Å². The highest BCUT2D eigenvalue weighted by atomic mass is 32.2. The maximum atomic E-state index is 11.7. The zero-order valence-electron chi connectivity index (χ0n) is 25.7. The number of hydrogen-bond acceptors (Lipinski definition) is 22. The van der Waals surface area contributed by atoms with Crippen LogP contribution in [0.15, 0.2) is 9.98 Å². The molecule has 0 heterocycles. The van der Waals surface area contributed by atoms with E-state index in [9.17, 15) is 9.59 Å². The number of ether oxygens (including phenoxy) is 2. The first kappa shape index (κ1) is 47.8. The Labute approximate surface area is 319 Å². The van der Waals surface area contributed by atoms with Crippen molar-refractivity contribution in [3.8, 4) is 0 Å². The second-order valence-corrected chi connectivity index (χ2v) is 19.2. The van der Waals surface area contributed by atoms with Crippen LogP contribution in [0.1, 0.15) is 0 Å². The summed E-state index contributed by atoms with van der Waals surface area (Å²) in [7, 11) is 0. The lowest BCUT2D eigenvalue weighted by Gasteiger charge is -2.06. The zero-order valence-corrected chi connectivity index (χ0v) is 33.9. The number of hydrogen-bond donors (Lipinski definition) is 4. The van der Waals surface area contributed by atoms with Crippen molar-refractivity contribution in [1.29, 1.82) is 0 Å². The van der Waals surface area contributed by atoms with Gasteiger partial charge in [0.1, 0.15) is 23.8 Å². The van der Waals surface area contributed by atoms with Crippen LogP contribution in [-0.2, 0) is 29.0 Å². The van der Waals surface area contributed by atoms with Crippen LogP contribution in [0.3, 0.4) is 0 Å². The van der Waals surface area contributed by atoms with Crippen LogP contribution < -0.4 is 10.6 Å². The molecule has 47 heavy (non-hydrogen) atoms. The molecule has 0 atom stereocenters. The number of rotatable bonds is 36. The molecule has 2 amide bonds. The van der Waals surface area contributed by atoms with Crippen LogP contribution in [0.2, 0.25) is 0 Å². The molecule has 0 saturated heterocycles. The van der Waals surface area contributed by atoms with Gasteiger partial charge in [0.25, 0.3) is 0 Å². The fourth-order valence-corrected chi connectivity index (χ4v) is 9.59. The molecule has 0 fully saturated rings. The Bertz CT molecular complexity index is 761. The van der Waals surface area contributed by atoms with Crippen molar-refractivity contribution >= 4 is 143 Å². The minimum absolute atomic E-state index is 0.0647. The van der Waals surface area contributed by atoms with Crippen molar-refractivity contribution in [3.05, 3.63) is 0 Å². The summed E-state index contributed by atoms with van der Waals surface area (Å²) in [6.45, 7) is 2.33. The van der Waals surface area contributed by atoms with E-state index in [0.29, 0.717) is 48.2 Å². The quantitative estimate of drug-likeness (QED) is 0.0160. The van der Waals surface area contributed by atoms with E-state index in [1.54, 1.807) is 47.0 Å². The Morgan fingerprint density at radius 1 is 0.532 bits per heavy atom. The minimum Gasteiger partial charge on any atom is -0.438 e. The zero-order chi connectivity index (χ0) is 34.1. The van der Waals surface area contributed by atoms with Crippen molar-refractivity contribution in [1.82, 2.24) is 10.6 Å². The number of amides is 2. The first-order valence-corrected chi connectivity index (χ1v) is 25.1. The first-order chi connectivity index (χ1) is 23.2. The molecule has 0 aromatic carbocycles. The molecule has 24 heteroatoms. The Balaban J connectivity index is 3.27. The van der Waals surface area contributed by atoms with Gasteiger partial charge >= 0.3 is 12.2 Å². The smallest absolute Gasteiger partial charge is 0.407 e. The highest BCUT2D eigenvalue weighted by Crippen LogP contribution is 2.14. The van der Waals surface area contributed by atoms with E-state index in [2.05, 4.69) is 20.6 Å². The lowest BCUT2D eigenvalue weighted by molar-refractivity contribution is -0.196. The Morgan fingerprint density at radius 3 is 1.36 bits per heavy atom. The average molecular weight is 857 g/mol. The molecular weight excluding hydrogens is 813 g/mol. The molecular formula is C23H44N4O10S10. The van der Waals surface area contributed by atoms with Gasteiger partial charge < -0.3 is 40.1 Å². The van der Waals surface area contributed by atoms with Crippen LogP contribution in [-0.4, -0.2) is 145 Å². The van der Waals surface area contributed by atoms with Crippen LogP contribution in [0.5, 0.6) is 0 Å². The maximum absolute atomic E-state index is 11.7. The normalized spacial score (nSPS) is 11.3. The van der Waals surface area contributed by atoms with E-state index in [1.165, 1.54) is 83.4 Å². The van der Waals surface area contributed by atoms with Crippen molar-refractivity contribution in [2.24, 2.45) is 9.98 Å². The molecule has 0 aromatic rings. The van der Waals surface area contributed by atoms with Crippen LogP contribution in [0.4, 0.5) is 9.59 Å². The standard InChI is InChI=1S/C23H44N4O10S10/c28-11-42-19-44-13-32-22(30)26-3-7-40-17-39-6-2-25-10-35-37-16-47-21-45-14-33-23(31)27-4-8-41-18-38-5-1-24-9-34-36-15-46-20-43-12-29/h9-10,28-29H,1-8,11-21H2,(H,26,30)(H,27,31)/b24-9+,25-10+. The summed E-state index contributed by atoms with van der Waals surface area (Å²) in [5.74, 6) is 4.70. The fourth-order valence-electron chi connectivity index (χ4n) is 2.07. The molecule has 0 rings (SSSR count). The van der Waals surface area contributed by atoms with Gasteiger partial charge in [0.05, 0.1) is 25.0 Å². The maximum Gasteiger partial charge on any atom is 0.407 e. The number of carbonyl (C=O) groups excluding carboxylic acids is 2. The average Bonchev–Trinajstić information content (AvgIpc) is 3.07. The van der Waals surface area contributed by atoms with Crippen molar-refractivity contribution in [2.45, 2.75) is 0 Å². The molecule has 0 bridgehead atoms. The second-order valence-electron chi connectivity index (χ2n) is 7.35. The predicted molar refractivity (Wildman–Crippen MR) is 213 cm³/mol. The molecule has 0 spiro atoms. The Morgan fingerprint density at radius 2 is 0.915 bits per heavy atom. The summed E-state index contributed by atoms with van der Waals surface area (Å²) in [4.78, 5) is 51.0. The largest absolute Gasteiger partial charge is 0.438 e. The fraction of sp³-hybridized carbons (Fsp3) is 0.826. The summed E-state index contributed by atoms with van der Waals surface area (Å²) < 4.78 is 10.1. The molecule has 0 aliphatic carbocycles. The Kier molecular flexibility index (Phi) is 43.7. The van der Waals surface area contributed by atoms with E-state index in [4.69, 9.17) is 39.2 Å². The number of thioether (sulfide) groups is 10. The van der Waals surface area contributed by atoms with Crippen LogP contribution >= 0.6 is 118 Å². The SMILES string of the molecule is O=C(NCCSCSCC/N=C/OOCSCSCOC(=O)NCCSCSCC/N=C/OOCSCSCO)OCSCSCO. The number of aliphatic hydroxyl groups excluding tert-OH is 2. The summed E-state index contributed by atoms with van der Waals surface area (Å²) in [6.07, 6.45) is 1.72. The van der Waals surface area contributed by atoms with Gasteiger partial charge in [-0.05, 0) is 0 Å². The first-order valence-electron chi connectivity index (χ1n) is 13.5. The van der Waals surface area contributed by atoms with Gasteiger partial charge in [0.15, 0.2) is 0 Å². The van der Waals surface area contributed by atoms with E-state index in [0.717, 1.165) is 38.3 Å². The number of nitrogens with one attached hydrogen (secondary N) is 2. The third-order valence-electron chi connectivity index (χ3n) is 3.96. The number of carbonyl (C=O) groups is 2. The van der Waals surface area contributed by atoms with Gasteiger partial charge in [-0.1, -0.05) is 0 Å². The minimum atomic E-state index is -0.430. The van der Waals surface area contributed by atoms with Gasteiger partial charge in [0, 0.05) is 61.5 Å². The van der Waals surface area contributed by atoms with Crippen molar-refractivity contribution in [2.75, 3.05) is 110 Å². The van der Waals surface area contributed by atoms with E-state index >= 15 is 0 Å². The van der Waals surface area contributed by atoms with Crippen LogP contribution in [0.25, 0.3) is 0 Å². The Hall–Kier alpha value is 0.820. The molecule has 14 nitrogen and oxygen atoms in total. The highest BCUT2D eigenvalue weighted by Gasteiger charge is 2.02. The third-order valence-corrected chi connectivity index (χ3v) is 14.0. The van der Waals surface area contributed by atoms with Gasteiger partial charge in [-0.2, -0.15) is 9.78 Å². The highest BCUT2D eigenvalue weighted by molar-refractivity contribution is 8.17. The molecule has 0 aliphatic rings. The number of nitrogens with zero attached hydrogens (tertiary/aromatic N) is 2. The monoisotopic (exact) mass is 856 g/mol. The van der Waals surface area contributed by atoms with E-state index < -0.39 is 12.2 Å². The second kappa shape index (κ2) is 43.0. The van der Waals surface area contributed by atoms with Gasteiger partial charge in [-0.25, -0.2) is 9.59 Å². The molecule has 4 N–H and O–H groups in total. The van der Waals surface area contributed by atoms with Crippen LogP contribution in [0, 0.1) is 0 Å². The summed E-state index contributed by atoms with van der Waals surface area (Å²) in [5, 5.41) is 26.6. The molecule has 0 aliphatic heterocycles.